The van der Waals surface area contributed by atoms with Crippen LogP contribution in [0.4, 0.5) is 0 Å². The Kier molecular flexibility index (Phi) is 53.1. The van der Waals surface area contributed by atoms with Gasteiger partial charge in [0.25, 0.3) is 0 Å². The third-order valence-electron chi connectivity index (χ3n) is 12.8. The molecule has 0 aliphatic rings. The van der Waals surface area contributed by atoms with Gasteiger partial charge in [0.2, 0.25) is 5.91 Å². The van der Waals surface area contributed by atoms with Crippen molar-refractivity contribution in [3.8, 4) is 0 Å². The molecule has 0 spiro atoms. The fourth-order valence-corrected chi connectivity index (χ4v) is 8.38. The minimum atomic E-state index is -0.847. The van der Waals surface area contributed by atoms with Crippen LogP contribution in [0.25, 0.3) is 0 Å². The molecule has 0 saturated heterocycles. The summed E-state index contributed by atoms with van der Waals surface area (Å²) in [6.07, 6.45) is 71.2. The lowest BCUT2D eigenvalue weighted by Crippen LogP contribution is -2.45. The number of amides is 1. The van der Waals surface area contributed by atoms with Crippen LogP contribution in [0.5, 0.6) is 0 Å². The van der Waals surface area contributed by atoms with Gasteiger partial charge in [0.05, 0.1) is 25.4 Å². The van der Waals surface area contributed by atoms with E-state index < -0.39 is 12.1 Å². The van der Waals surface area contributed by atoms with Crippen molar-refractivity contribution in [3.63, 3.8) is 0 Å². The second-order valence-corrected chi connectivity index (χ2v) is 19.3. The van der Waals surface area contributed by atoms with E-state index in [1.807, 2.05) is 6.08 Å². The van der Waals surface area contributed by atoms with Gasteiger partial charge < -0.3 is 20.3 Å². The lowest BCUT2D eigenvalue weighted by molar-refractivity contribution is -0.143. The number of hydrogen-bond acceptors (Lipinski definition) is 5. The van der Waals surface area contributed by atoms with Gasteiger partial charge in [0.1, 0.15) is 0 Å². The first-order chi connectivity index (χ1) is 32.5. The summed E-state index contributed by atoms with van der Waals surface area (Å²) in [4.78, 5) is 24.4. The first kappa shape index (κ1) is 63.6. The molecule has 66 heavy (non-hydrogen) atoms. The minimum Gasteiger partial charge on any atom is -0.465 e. The van der Waals surface area contributed by atoms with Gasteiger partial charge in [0.15, 0.2) is 0 Å². The highest BCUT2D eigenvalue weighted by Gasteiger charge is 2.18. The molecule has 0 aliphatic carbocycles. The van der Waals surface area contributed by atoms with E-state index in [0.29, 0.717) is 19.4 Å². The van der Waals surface area contributed by atoms with Crippen molar-refractivity contribution in [3.05, 3.63) is 60.8 Å². The molecule has 3 N–H and O–H groups in total. The molecule has 0 bridgehead atoms. The van der Waals surface area contributed by atoms with E-state index in [-0.39, 0.29) is 18.5 Å². The lowest BCUT2D eigenvalue weighted by Gasteiger charge is -2.20. The number of nitrogens with one attached hydrogen (secondary N) is 1. The van der Waals surface area contributed by atoms with Crippen LogP contribution in [-0.2, 0) is 14.3 Å². The smallest absolute Gasteiger partial charge is 0.305 e. The third-order valence-corrected chi connectivity index (χ3v) is 12.8. The van der Waals surface area contributed by atoms with Crippen LogP contribution < -0.4 is 5.32 Å². The van der Waals surface area contributed by atoms with Gasteiger partial charge in [0, 0.05) is 12.8 Å². The zero-order chi connectivity index (χ0) is 47.9. The second-order valence-electron chi connectivity index (χ2n) is 19.3. The quantitative estimate of drug-likeness (QED) is 0.0321. The van der Waals surface area contributed by atoms with Crippen molar-refractivity contribution >= 4 is 11.9 Å². The Balaban J connectivity index is 3.47. The first-order valence-electron chi connectivity index (χ1n) is 28.6. The Hall–Kier alpha value is -2.44. The van der Waals surface area contributed by atoms with Crippen molar-refractivity contribution in [1.82, 2.24) is 5.32 Å². The summed E-state index contributed by atoms with van der Waals surface area (Å²) in [7, 11) is 0. The lowest BCUT2D eigenvalue weighted by atomic mass is 10.0. The standard InChI is InChI=1S/C60H109NO5/c1-3-5-7-9-11-13-15-16-17-18-25-28-31-34-38-42-46-50-54-60(65)66-55-51-47-43-39-35-32-29-26-23-21-19-20-22-24-27-30-33-37-41-45-49-53-59(64)61-57(56-62)58(63)52-48-44-40-36-14-12-10-8-6-4-2/h13,15,17-18,32,35,43,47-48,52,57-58,62-63H,3-12,14,16,19-31,33-34,36-42,44-46,49-51,53-56H2,1-2H3,(H,61,64)/b15-13-,18-17-,35-32-,47-43-,52-48+. The summed E-state index contributed by atoms with van der Waals surface area (Å²) in [5, 5.41) is 23.0. The Bertz CT molecular complexity index is 1160. The highest BCUT2D eigenvalue weighted by Crippen LogP contribution is 2.16. The monoisotopic (exact) mass is 924 g/mol. The van der Waals surface area contributed by atoms with Crippen molar-refractivity contribution < 1.29 is 24.5 Å². The summed E-state index contributed by atoms with van der Waals surface area (Å²) in [5.74, 6) is -0.120. The van der Waals surface area contributed by atoms with Gasteiger partial charge in [-0.1, -0.05) is 248 Å². The fourth-order valence-electron chi connectivity index (χ4n) is 8.38. The molecule has 2 unspecified atom stereocenters. The Morgan fingerprint density at radius 1 is 0.424 bits per heavy atom. The van der Waals surface area contributed by atoms with E-state index in [2.05, 4.69) is 67.8 Å². The Labute approximate surface area is 409 Å². The van der Waals surface area contributed by atoms with Crippen LogP contribution in [0, 0.1) is 0 Å². The van der Waals surface area contributed by atoms with Crippen LogP contribution in [0.3, 0.4) is 0 Å². The van der Waals surface area contributed by atoms with E-state index in [1.54, 1.807) is 6.08 Å². The number of aliphatic hydroxyl groups excluding tert-OH is 2. The van der Waals surface area contributed by atoms with Gasteiger partial charge in [-0.15, -0.1) is 0 Å². The summed E-state index contributed by atoms with van der Waals surface area (Å²) in [6, 6.07) is -0.631. The van der Waals surface area contributed by atoms with Crippen LogP contribution in [0.1, 0.15) is 284 Å². The molecule has 0 fully saturated rings. The molecule has 384 valence electrons. The molecule has 6 nitrogen and oxygen atoms in total. The van der Waals surface area contributed by atoms with Crippen molar-refractivity contribution in [2.45, 2.75) is 296 Å². The molecule has 0 aliphatic heterocycles. The largest absolute Gasteiger partial charge is 0.465 e. The number of rotatable bonds is 52. The van der Waals surface area contributed by atoms with Gasteiger partial charge in [-0.3, -0.25) is 9.59 Å². The molecule has 0 aromatic carbocycles. The van der Waals surface area contributed by atoms with E-state index in [4.69, 9.17) is 4.74 Å². The number of aliphatic hydroxyl groups is 2. The molecule has 0 rings (SSSR count). The highest BCUT2D eigenvalue weighted by atomic mass is 16.5. The number of esters is 1. The Morgan fingerprint density at radius 2 is 0.758 bits per heavy atom. The molecule has 2 atom stereocenters. The number of ether oxygens (including phenoxy) is 1. The third kappa shape index (κ3) is 51.0. The minimum absolute atomic E-state index is 0.0442. The predicted molar refractivity (Wildman–Crippen MR) is 287 cm³/mol. The number of allylic oxidation sites excluding steroid dienone is 8. The van der Waals surface area contributed by atoms with Gasteiger partial charge in [-0.25, -0.2) is 0 Å². The van der Waals surface area contributed by atoms with Crippen LogP contribution in [-0.4, -0.2) is 47.4 Å². The molecule has 1 amide bonds. The molecule has 0 radical (unpaired) electrons. The van der Waals surface area contributed by atoms with Gasteiger partial charge in [-0.05, 0) is 83.5 Å². The van der Waals surface area contributed by atoms with E-state index in [9.17, 15) is 19.8 Å². The summed E-state index contributed by atoms with van der Waals surface area (Å²) in [5.41, 5.74) is 0. The van der Waals surface area contributed by atoms with Crippen LogP contribution in [0.15, 0.2) is 60.8 Å². The molecule has 0 aromatic heterocycles. The zero-order valence-electron chi connectivity index (χ0n) is 43.7. The average molecular weight is 925 g/mol. The summed E-state index contributed by atoms with van der Waals surface area (Å²) >= 11 is 0. The molecule has 6 heteroatoms. The normalized spacial score (nSPS) is 13.1. The Morgan fingerprint density at radius 3 is 1.17 bits per heavy atom. The zero-order valence-corrected chi connectivity index (χ0v) is 43.7. The maximum absolute atomic E-state index is 12.4. The van der Waals surface area contributed by atoms with Crippen molar-refractivity contribution in [1.29, 1.82) is 0 Å². The number of hydrogen-bond donors (Lipinski definition) is 3. The number of carbonyl (C=O) groups excluding carboxylic acids is 2. The van der Waals surface area contributed by atoms with Crippen LogP contribution >= 0.6 is 0 Å². The van der Waals surface area contributed by atoms with Crippen molar-refractivity contribution in [2.75, 3.05) is 13.2 Å². The second kappa shape index (κ2) is 55.2. The number of carbonyl (C=O) groups is 2. The molecule has 0 heterocycles. The van der Waals surface area contributed by atoms with Gasteiger partial charge >= 0.3 is 5.97 Å². The van der Waals surface area contributed by atoms with E-state index in [0.717, 1.165) is 57.8 Å². The summed E-state index contributed by atoms with van der Waals surface area (Å²) in [6.45, 7) is 4.75. The first-order valence-corrected chi connectivity index (χ1v) is 28.6. The SMILES string of the molecule is CCCCCC/C=C\C/C=C\CCCCCCCCCC(=O)OCC/C=C\C/C=C\CCCCCCCCCCCCCCCCC(=O)NC(CO)C(O)/C=C/CCCCCCCCCC. The van der Waals surface area contributed by atoms with E-state index >= 15 is 0 Å². The molecular weight excluding hydrogens is 815 g/mol. The fraction of sp³-hybridized carbons (Fsp3) is 0.800. The maximum Gasteiger partial charge on any atom is 0.305 e. The maximum atomic E-state index is 12.4. The highest BCUT2D eigenvalue weighted by molar-refractivity contribution is 5.76. The number of unbranched alkanes of at least 4 members (excludes halogenated alkanes) is 33. The van der Waals surface area contributed by atoms with Crippen molar-refractivity contribution in [2.24, 2.45) is 0 Å². The average Bonchev–Trinajstić information content (AvgIpc) is 3.32. The van der Waals surface area contributed by atoms with E-state index in [1.165, 1.54) is 199 Å². The van der Waals surface area contributed by atoms with Gasteiger partial charge in [-0.2, -0.15) is 0 Å². The topological polar surface area (TPSA) is 95.9 Å². The van der Waals surface area contributed by atoms with Crippen LogP contribution in [0.2, 0.25) is 0 Å². The predicted octanol–water partition coefficient (Wildman–Crippen LogP) is 17.6. The molecular formula is C60H109NO5. The molecule has 0 aromatic rings. The summed E-state index contributed by atoms with van der Waals surface area (Å²) < 4.78 is 5.42. The molecule has 0 saturated carbocycles.